The van der Waals surface area contributed by atoms with Crippen molar-refractivity contribution in [3.05, 3.63) is 65.9 Å². The second-order valence-corrected chi connectivity index (χ2v) is 12.7. The number of fused-ring (bicyclic) bond motifs is 1. The molecule has 2 heterocycles. The van der Waals surface area contributed by atoms with E-state index in [0.29, 0.717) is 54.7 Å². The number of nitrogens with two attached hydrogens (primary N) is 1. The number of alkyl halides is 2. The Labute approximate surface area is 292 Å². The minimum Gasteiger partial charge on any atom is -0.494 e. The smallest absolute Gasteiger partial charge is 0.488 e. The fraction of sp³-hybridized carbons (Fsp3) is 0.424. The van der Waals surface area contributed by atoms with Crippen LogP contribution in [0.2, 0.25) is 0 Å². The molecule has 1 aromatic heterocycles. The van der Waals surface area contributed by atoms with Crippen LogP contribution in [0.1, 0.15) is 41.6 Å². The summed E-state index contributed by atoms with van der Waals surface area (Å²) >= 11 is 0. The molecule has 274 valence electrons. The minimum absolute atomic E-state index is 0.176. The molecule has 1 aliphatic rings. The Morgan fingerprint density at radius 2 is 1.80 bits per heavy atom. The van der Waals surface area contributed by atoms with Gasteiger partial charge in [-0.2, -0.15) is 13.7 Å². The van der Waals surface area contributed by atoms with Gasteiger partial charge in [0.05, 0.1) is 42.9 Å². The standard InChI is InChI=1S/C33H38F3N7O7S/c34-33(35)18-23(19-38)43(21-33)30(44)20-42-31(45)26-10-14-40-28-9-8-25(17-27(26)28)49-15-3-13-39-29(32(46)41-12-2-1-11-37)16-22-4-6-24(7-5-22)50-51(36,47)48/h4-10,14,17,23,29,39H,1-3,11-13,15-16,18,20-21,37H2,(H,41,46)(H,42,45). The van der Waals surface area contributed by atoms with Gasteiger partial charge in [-0.05, 0) is 80.7 Å². The second-order valence-electron chi connectivity index (χ2n) is 11.8. The van der Waals surface area contributed by atoms with Crippen molar-refractivity contribution < 1.29 is 44.4 Å². The highest BCUT2D eigenvalue weighted by Crippen LogP contribution is 2.31. The summed E-state index contributed by atoms with van der Waals surface area (Å²) in [5, 5.41) is 18.1. The first kappa shape index (κ1) is 38.8. The number of amides is 3. The lowest BCUT2D eigenvalue weighted by Crippen LogP contribution is -2.46. The predicted molar refractivity (Wildman–Crippen MR) is 179 cm³/mol. The number of nitriles is 1. The maximum absolute atomic E-state index is 13.8. The first-order chi connectivity index (χ1) is 24.3. The van der Waals surface area contributed by atoms with Gasteiger partial charge in [-0.15, -0.1) is 0 Å². The number of hydrogen-bond donors (Lipinski definition) is 4. The quantitative estimate of drug-likeness (QED) is 0.110. The van der Waals surface area contributed by atoms with Crippen LogP contribution in [-0.4, -0.2) is 93.4 Å². The summed E-state index contributed by atoms with van der Waals surface area (Å²) in [7, 11) is -5.17. The minimum atomic E-state index is -5.17. The molecule has 0 saturated carbocycles. The maximum Gasteiger partial charge on any atom is 0.488 e. The molecule has 5 N–H and O–H groups in total. The van der Waals surface area contributed by atoms with Gasteiger partial charge in [-0.25, -0.2) is 8.78 Å². The van der Waals surface area contributed by atoms with Crippen LogP contribution in [0.25, 0.3) is 10.9 Å². The maximum atomic E-state index is 13.8. The van der Waals surface area contributed by atoms with E-state index >= 15 is 0 Å². The largest absolute Gasteiger partial charge is 0.494 e. The van der Waals surface area contributed by atoms with Crippen molar-refractivity contribution in [2.24, 2.45) is 5.73 Å². The summed E-state index contributed by atoms with van der Waals surface area (Å²) in [4.78, 5) is 43.6. The Morgan fingerprint density at radius 1 is 1.06 bits per heavy atom. The van der Waals surface area contributed by atoms with Gasteiger partial charge in [0.1, 0.15) is 17.5 Å². The highest BCUT2D eigenvalue weighted by Gasteiger charge is 2.47. The molecule has 14 nitrogen and oxygen atoms in total. The molecule has 2 atom stereocenters. The third-order valence-corrected chi connectivity index (χ3v) is 8.27. The first-order valence-electron chi connectivity index (χ1n) is 16.1. The van der Waals surface area contributed by atoms with Gasteiger partial charge in [-0.1, -0.05) is 16.0 Å². The van der Waals surface area contributed by atoms with Crippen LogP contribution >= 0.6 is 0 Å². The van der Waals surface area contributed by atoms with Crippen LogP contribution < -0.4 is 30.6 Å². The van der Waals surface area contributed by atoms with Gasteiger partial charge in [0.2, 0.25) is 11.8 Å². The lowest BCUT2D eigenvalue weighted by molar-refractivity contribution is -0.131. The van der Waals surface area contributed by atoms with Crippen molar-refractivity contribution in [2.45, 2.75) is 50.1 Å². The molecule has 51 heavy (non-hydrogen) atoms. The van der Waals surface area contributed by atoms with E-state index in [4.69, 9.17) is 15.7 Å². The molecular formula is C33H38F3N7O7S. The van der Waals surface area contributed by atoms with Crippen LogP contribution in [0.4, 0.5) is 12.7 Å². The van der Waals surface area contributed by atoms with Gasteiger partial charge in [0.25, 0.3) is 11.8 Å². The molecular weight excluding hydrogens is 695 g/mol. The van der Waals surface area contributed by atoms with Crippen LogP contribution in [-0.2, 0) is 26.5 Å². The summed E-state index contributed by atoms with van der Waals surface area (Å²) in [6.07, 6.45) is 2.82. The van der Waals surface area contributed by atoms with Crippen molar-refractivity contribution in [3.8, 4) is 17.6 Å². The Hall–Kier alpha value is -4.99. The van der Waals surface area contributed by atoms with Crippen LogP contribution in [0.3, 0.4) is 0 Å². The average Bonchev–Trinajstić information content (AvgIpc) is 3.42. The van der Waals surface area contributed by atoms with Crippen molar-refractivity contribution >= 4 is 39.1 Å². The molecule has 1 saturated heterocycles. The number of pyridine rings is 1. The fourth-order valence-electron chi connectivity index (χ4n) is 5.39. The Balaban J connectivity index is 1.32. The van der Waals surface area contributed by atoms with E-state index in [1.807, 2.05) is 0 Å². The summed E-state index contributed by atoms with van der Waals surface area (Å²) in [6, 6.07) is 11.8. The number of nitrogens with one attached hydrogen (secondary N) is 3. The molecule has 0 bridgehead atoms. The van der Waals surface area contributed by atoms with E-state index in [0.717, 1.165) is 11.3 Å². The van der Waals surface area contributed by atoms with E-state index in [2.05, 4.69) is 25.1 Å². The first-order valence-corrected chi connectivity index (χ1v) is 17.4. The molecule has 0 aliphatic carbocycles. The number of carbonyl (C=O) groups excluding carboxylic acids is 3. The van der Waals surface area contributed by atoms with Gasteiger partial charge in [0, 0.05) is 24.5 Å². The van der Waals surface area contributed by atoms with Gasteiger partial charge >= 0.3 is 10.5 Å². The molecule has 18 heteroatoms. The van der Waals surface area contributed by atoms with Crippen LogP contribution in [0.5, 0.6) is 11.5 Å². The van der Waals surface area contributed by atoms with Crippen LogP contribution in [0, 0.1) is 11.3 Å². The van der Waals surface area contributed by atoms with E-state index in [1.54, 1.807) is 24.3 Å². The number of rotatable bonds is 18. The zero-order chi connectivity index (χ0) is 37.0. The van der Waals surface area contributed by atoms with E-state index in [9.17, 15) is 35.5 Å². The monoisotopic (exact) mass is 733 g/mol. The summed E-state index contributed by atoms with van der Waals surface area (Å²) in [5.74, 6) is -4.65. The average molecular weight is 734 g/mol. The van der Waals surface area contributed by atoms with Gasteiger partial charge in [-0.3, -0.25) is 19.4 Å². The number of aromatic nitrogens is 1. The highest BCUT2D eigenvalue weighted by atomic mass is 32.3. The summed E-state index contributed by atoms with van der Waals surface area (Å²) < 4.78 is 72.0. The SMILES string of the molecule is N#CC1CC(F)(F)CN1C(=O)CNC(=O)c1ccnc2ccc(OCCCNC(Cc3ccc(OS(=O)(=O)F)cc3)C(=O)NCCCCN)cc12. The van der Waals surface area contributed by atoms with Gasteiger partial charge in [0.15, 0.2) is 0 Å². The number of halogens is 3. The Kier molecular flexibility index (Phi) is 13.5. The summed E-state index contributed by atoms with van der Waals surface area (Å²) in [5.41, 5.74) is 6.84. The number of hydrogen-bond acceptors (Lipinski definition) is 11. The number of nitrogens with zero attached hydrogens (tertiary/aromatic N) is 3. The Morgan fingerprint density at radius 3 is 2.51 bits per heavy atom. The van der Waals surface area contributed by atoms with Crippen LogP contribution in [0.15, 0.2) is 54.7 Å². The molecule has 0 spiro atoms. The molecule has 3 aromatic rings. The number of unbranched alkanes of at least 4 members (excludes halogenated alkanes) is 1. The second kappa shape index (κ2) is 17.8. The number of carbonyl (C=O) groups is 3. The molecule has 3 amide bonds. The van der Waals surface area contributed by atoms with E-state index < -0.39 is 59.8 Å². The summed E-state index contributed by atoms with van der Waals surface area (Å²) in [6.45, 7) is 0.0671. The molecule has 2 aromatic carbocycles. The lowest BCUT2D eigenvalue weighted by atomic mass is 10.0. The number of benzene rings is 2. The topological polar surface area (TPSA) is 206 Å². The highest BCUT2D eigenvalue weighted by molar-refractivity contribution is 7.81. The number of ether oxygens (including phenoxy) is 1. The Bertz CT molecular complexity index is 1840. The van der Waals surface area contributed by atoms with Crippen molar-refractivity contribution in [1.29, 1.82) is 5.26 Å². The fourth-order valence-corrected chi connectivity index (χ4v) is 5.73. The molecule has 4 rings (SSSR count). The van der Waals surface area contributed by atoms with E-state index in [1.165, 1.54) is 36.5 Å². The van der Waals surface area contributed by atoms with E-state index in [-0.39, 0.29) is 30.2 Å². The molecule has 2 unspecified atom stereocenters. The van der Waals surface area contributed by atoms with Crippen molar-refractivity contribution in [3.63, 3.8) is 0 Å². The predicted octanol–water partition coefficient (Wildman–Crippen LogP) is 2.14. The lowest BCUT2D eigenvalue weighted by Gasteiger charge is -2.19. The van der Waals surface area contributed by atoms with Crippen molar-refractivity contribution in [1.82, 2.24) is 25.8 Å². The zero-order valence-corrected chi connectivity index (χ0v) is 28.3. The molecule has 0 radical (unpaired) electrons. The zero-order valence-electron chi connectivity index (χ0n) is 27.4. The third kappa shape index (κ3) is 11.8. The third-order valence-electron chi connectivity index (χ3n) is 7.88. The van der Waals surface area contributed by atoms with Gasteiger partial charge < -0.3 is 35.5 Å². The molecule has 1 fully saturated rings. The normalized spacial score (nSPS) is 15.9. The van der Waals surface area contributed by atoms with Crippen molar-refractivity contribution in [2.75, 3.05) is 39.3 Å². The number of likely N-dealkylation sites (tertiary alicyclic amines) is 1. The molecule has 1 aliphatic heterocycles.